The summed E-state index contributed by atoms with van der Waals surface area (Å²) in [7, 11) is 1.62. The molecule has 2 aliphatic heterocycles. The lowest BCUT2D eigenvalue weighted by molar-refractivity contribution is 0.0618. The van der Waals surface area contributed by atoms with Gasteiger partial charge in [-0.2, -0.15) is 0 Å². The third-order valence-electron chi connectivity index (χ3n) is 6.27. The second-order valence-corrected chi connectivity index (χ2v) is 9.67. The van der Waals surface area contributed by atoms with Gasteiger partial charge >= 0.3 is 0 Å². The van der Waals surface area contributed by atoms with Gasteiger partial charge in [-0.1, -0.05) is 35.9 Å². The number of nitrogens with zero attached hydrogens (tertiary/aromatic N) is 3. The number of methoxy groups -OCH3 is 1. The largest absolute Gasteiger partial charge is 0.383 e. The molecule has 3 aromatic rings. The van der Waals surface area contributed by atoms with Crippen LogP contribution in [-0.2, 0) is 10.5 Å². The first-order chi connectivity index (χ1) is 16.0. The molecule has 2 aliphatic rings. The van der Waals surface area contributed by atoms with Crippen LogP contribution in [0.4, 0.5) is 0 Å². The zero-order valence-corrected chi connectivity index (χ0v) is 20.0. The fourth-order valence-corrected chi connectivity index (χ4v) is 5.83. The predicted octanol–water partition coefficient (Wildman–Crippen LogP) is 4.20. The Morgan fingerprint density at radius 2 is 1.94 bits per heavy atom. The first-order valence-electron chi connectivity index (χ1n) is 10.8. The van der Waals surface area contributed by atoms with Crippen molar-refractivity contribution in [3.63, 3.8) is 0 Å². The fourth-order valence-electron chi connectivity index (χ4n) is 4.58. The van der Waals surface area contributed by atoms with Gasteiger partial charge in [0.1, 0.15) is 12.4 Å². The Morgan fingerprint density at radius 1 is 1.12 bits per heavy atom. The van der Waals surface area contributed by atoms with Crippen molar-refractivity contribution in [2.24, 2.45) is 0 Å². The number of aromatic nitrogens is 1. The van der Waals surface area contributed by atoms with Crippen molar-refractivity contribution in [1.82, 2.24) is 9.58 Å². The van der Waals surface area contributed by atoms with Crippen molar-refractivity contribution in [2.45, 2.75) is 23.6 Å². The normalized spacial score (nSPS) is 17.3. The molecule has 8 heteroatoms. The summed E-state index contributed by atoms with van der Waals surface area (Å²) >= 11 is 8.26. The molecule has 0 fully saturated rings. The number of benzene rings is 2. The first kappa shape index (κ1) is 22.1. The van der Waals surface area contributed by atoms with Crippen LogP contribution in [-0.4, -0.2) is 42.4 Å². The van der Waals surface area contributed by atoms with Gasteiger partial charge in [-0.25, -0.2) is 0 Å². The lowest BCUT2D eigenvalue weighted by atomic mass is 9.94. The number of carbonyl (C=O) groups excluding carboxylic acids is 1. The van der Waals surface area contributed by atoms with Crippen LogP contribution in [0, 0.1) is 6.92 Å². The van der Waals surface area contributed by atoms with Crippen molar-refractivity contribution in [1.29, 1.82) is 0 Å². The molecule has 170 valence electrons. The summed E-state index contributed by atoms with van der Waals surface area (Å²) in [5.41, 5.74) is 4.16. The molecular weight excluding hydrogens is 458 g/mol. The average molecular weight is 482 g/mol. The minimum atomic E-state index is -0.191. The van der Waals surface area contributed by atoms with E-state index >= 15 is 0 Å². The predicted molar refractivity (Wildman–Crippen MR) is 131 cm³/mol. The Bertz CT molecular complexity index is 1290. The molecule has 1 atom stereocenters. The van der Waals surface area contributed by atoms with Gasteiger partial charge < -0.3 is 9.64 Å². The maximum Gasteiger partial charge on any atom is 0.274 e. The number of ether oxygens (including phenoxy) is 1. The monoisotopic (exact) mass is 481 g/mol. The van der Waals surface area contributed by atoms with Gasteiger partial charge in [0, 0.05) is 47.2 Å². The number of hydrogen-bond donors (Lipinski definition) is 0. The molecule has 0 saturated carbocycles. The molecule has 6 nitrogen and oxygen atoms in total. The SMILES string of the molecule is COCCN1CN(C2c3ccccc3CSc3ccc(Cl)cc32)n2ccc(=O)c(C)c2C1=O. The van der Waals surface area contributed by atoms with E-state index in [9.17, 15) is 9.59 Å². The first-order valence-corrected chi connectivity index (χ1v) is 12.1. The molecule has 1 aromatic heterocycles. The highest BCUT2D eigenvalue weighted by Gasteiger charge is 2.37. The number of hydrogen-bond acceptors (Lipinski definition) is 5. The van der Waals surface area contributed by atoms with Gasteiger partial charge in [0.05, 0.1) is 12.6 Å². The highest BCUT2D eigenvalue weighted by Crippen LogP contribution is 2.43. The van der Waals surface area contributed by atoms with Gasteiger partial charge in [0.15, 0.2) is 5.43 Å². The molecule has 33 heavy (non-hydrogen) atoms. The third-order valence-corrected chi connectivity index (χ3v) is 7.64. The average Bonchev–Trinajstić information content (AvgIpc) is 2.97. The van der Waals surface area contributed by atoms with E-state index in [0.717, 1.165) is 21.8 Å². The Labute approximate surface area is 201 Å². The van der Waals surface area contributed by atoms with E-state index in [-0.39, 0.29) is 17.4 Å². The zero-order chi connectivity index (χ0) is 23.1. The quantitative estimate of drug-likeness (QED) is 0.559. The van der Waals surface area contributed by atoms with Crippen LogP contribution < -0.4 is 10.4 Å². The number of rotatable bonds is 4. The van der Waals surface area contributed by atoms with E-state index in [1.807, 2.05) is 22.9 Å². The lowest BCUT2D eigenvalue weighted by Crippen LogP contribution is -2.56. The smallest absolute Gasteiger partial charge is 0.274 e. The standard InChI is InChI=1S/C25H24ClN3O3S/c1-16-21(30)9-10-28-23(16)25(31)27(11-12-32-2)15-29(28)24-19-6-4-3-5-17(19)14-33-22-8-7-18(26)13-20(22)24/h3-10,13,24H,11-12,14-15H2,1-2H3. The van der Waals surface area contributed by atoms with Crippen molar-refractivity contribution in [3.05, 3.63) is 97.9 Å². The van der Waals surface area contributed by atoms with Crippen LogP contribution in [0.15, 0.2) is 64.4 Å². The van der Waals surface area contributed by atoms with E-state index in [1.54, 1.807) is 36.9 Å². The molecule has 0 saturated heterocycles. The topological polar surface area (TPSA) is 54.8 Å². The van der Waals surface area contributed by atoms with Crippen LogP contribution in [0.1, 0.15) is 38.8 Å². The van der Waals surface area contributed by atoms with Crippen LogP contribution in [0.2, 0.25) is 5.02 Å². The molecule has 0 spiro atoms. The molecule has 1 amide bonds. The van der Waals surface area contributed by atoms with E-state index in [2.05, 4.69) is 29.3 Å². The van der Waals surface area contributed by atoms with E-state index in [1.165, 1.54) is 11.6 Å². The van der Waals surface area contributed by atoms with E-state index in [4.69, 9.17) is 16.3 Å². The molecule has 0 bridgehead atoms. The Hall–Kier alpha value is -2.74. The number of carbonyl (C=O) groups is 1. The summed E-state index contributed by atoms with van der Waals surface area (Å²) in [6.07, 6.45) is 1.71. The Morgan fingerprint density at radius 3 is 2.76 bits per heavy atom. The zero-order valence-electron chi connectivity index (χ0n) is 18.5. The number of pyridine rings is 1. The van der Waals surface area contributed by atoms with Crippen molar-refractivity contribution in [3.8, 4) is 0 Å². The van der Waals surface area contributed by atoms with E-state index in [0.29, 0.717) is 36.1 Å². The van der Waals surface area contributed by atoms with Gasteiger partial charge in [-0.15, -0.1) is 11.8 Å². The summed E-state index contributed by atoms with van der Waals surface area (Å²) in [4.78, 5) is 28.8. The summed E-state index contributed by atoms with van der Waals surface area (Å²) in [6, 6.07) is 15.7. The van der Waals surface area contributed by atoms with Gasteiger partial charge in [-0.3, -0.25) is 19.3 Å². The molecule has 2 aromatic carbocycles. The highest BCUT2D eigenvalue weighted by atomic mass is 35.5. The molecule has 0 aliphatic carbocycles. The Balaban J connectivity index is 1.75. The lowest BCUT2D eigenvalue weighted by Gasteiger charge is -2.44. The molecule has 3 heterocycles. The summed E-state index contributed by atoms with van der Waals surface area (Å²) in [5.74, 6) is 0.679. The van der Waals surface area contributed by atoms with Crippen molar-refractivity contribution < 1.29 is 9.53 Å². The van der Waals surface area contributed by atoms with Gasteiger partial charge in [-0.05, 0) is 41.8 Å². The summed E-state index contributed by atoms with van der Waals surface area (Å²) < 4.78 is 7.11. The molecular formula is C25H24ClN3O3S. The minimum absolute atomic E-state index is 0.150. The van der Waals surface area contributed by atoms with Crippen LogP contribution in [0.3, 0.4) is 0 Å². The molecule has 5 rings (SSSR count). The molecule has 0 N–H and O–H groups in total. The van der Waals surface area contributed by atoms with Crippen molar-refractivity contribution >= 4 is 29.3 Å². The van der Waals surface area contributed by atoms with Gasteiger partial charge in [0.25, 0.3) is 5.91 Å². The van der Waals surface area contributed by atoms with Gasteiger partial charge in [0.2, 0.25) is 0 Å². The molecule has 0 radical (unpaired) electrons. The summed E-state index contributed by atoms with van der Waals surface area (Å²) in [5, 5.41) is 2.82. The van der Waals surface area contributed by atoms with E-state index < -0.39 is 0 Å². The van der Waals surface area contributed by atoms with Crippen molar-refractivity contribution in [2.75, 3.05) is 31.9 Å². The number of thioether (sulfide) groups is 1. The number of halogens is 1. The Kier molecular flexibility index (Phi) is 5.95. The van der Waals surface area contributed by atoms with Crippen LogP contribution >= 0.6 is 23.4 Å². The third kappa shape index (κ3) is 3.84. The van der Waals surface area contributed by atoms with Crippen LogP contribution in [0.25, 0.3) is 0 Å². The fraction of sp³-hybridized carbons (Fsp3) is 0.280. The number of amides is 1. The molecule has 1 unspecified atom stereocenters. The highest BCUT2D eigenvalue weighted by molar-refractivity contribution is 7.98. The summed E-state index contributed by atoms with van der Waals surface area (Å²) in [6.45, 7) is 2.91. The minimum Gasteiger partial charge on any atom is -0.383 e. The van der Waals surface area contributed by atoms with Crippen LogP contribution in [0.5, 0.6) is 0 Å². The maximum absolute atomic E-state index is 13.4. The maximum atomic E-state index is 13.4. The number of fused-ring (bicyclic) bond motifs is 3. The second-order valence-electron chi connectivity index (χ2n) is 8.21. The second kappa shape index (κ2) is 8.89.